The van der Waals surface area contributed by atoms with Crippen LogP contribution in [-0.2, 0) is 6.54 Å². The first-order valence-corrected chi connectivity index (χ1v) is 6.12. The highest BCUT2D eigenvalue weighted by Gasteiger charge is 2.13. The van der Waals surface area contributed by atoms with Gasteiger partial charge in [0.1, 0.15) is 0 Å². The quantitative estimate of drug-likeness (QED) is 0.731. The van der Waals surface area contributed by atoms with Gasteiger partial charge in [-0.2, -0.15) is 0 Å². The van der Waals surface area contributed by atoms with Gasteiger partial charge >= 0.3 is 0 Å². The van der Waals surface area contributed by atoms with Crippen LogP contribution in [0, 0.1) is 0 Å². The van der Waals surface area contributed by atoms with Crippen molar-refractivity contribution in [2.75, 3.05) is 13.1 Å². The largest absolute Gasteiger partial charge is 0.461 e. The Labute approximate surface area is 107 Å². The predicted octanol–water partition coefficient (Wildman–Crippen LogP) is 2.98. The van der Waals surface area contributed by atoms with Gasteiger partial charge in [0, 0.05) is 6.54 Å². The highest BCUT2D eigenvalue weighted by atomic mass is 16.3. The molecule has 0 atom stereocenters. The first-order chi connectivity index (χ1) is 8.79. The third kappa shape index (κ3) is 3.31. The van der Waals surface area contributed by atoms with Crippen molar-refractivity contribution >= 4 is 5.78 Å². The van der Waals surface area contributed by atoms with Gasteiger partial charge in [-0.05, 0) is 24.2 Å². The average Bonchev–Trinajstić information content (AvgIpc) is 2.93. The zero-order valence-electron chi connectivity index (χ0n) is 10.5. The molecule has 0 amide bonds. The predicted molar refractivity (Wildman–Crippen MR) is 70.4 cm³/mol. The van der Waals surface area contributed by atoms with E-state index >= 15 is 0 Å². The summed E-state index contributed by atoms with van der Waals surface area (Å²) >= 11 is 0. The normalized spacial score (nSPS) is 10.8. The number of likely N-dealkylation sites (N-methyl/N-ethyl adjacent to an activating group) is 1. The van der Waals surface area contributed by atoms with E-state index in [-0.39, 0.29) is 5.78 Å². The Bertz CT molecular complexity index is 476. The molecule has 94 valence electrons. The topological polar surface area (TPSA) is 33.5 Å². The van der Waals surface area contributed by atoms with Crippen molar-refractivity contribution in [1.82, 2.24) is 4.90 Å². The summed E-state index contributed by atoms with van der Waals surface area (Å²) in [5.74, 6) is 0.458. The summed E-state index contributed by atoms with van der Waals surface area (Å²) in [6, 6.07) is 13.6. The Hall–Kier alpha value is -1.87. The number of carbonyl (C=O) groups excluding carboxylic acids is 1. The zero-order valence-corrected chi connectivity index (χ0v) is 10.5. The van der Waals surface area contributed by atoms with Crippen LogP contribution >= 0.6 is 0 Å². The fraction of sp³-hybridized carbons (Fsp3) is 0.267. The number of furan rings is 1. The Morgan fingerprint density at radius 2 is 1.94 bits per heavy atom. The summed E-state index contributed by atoms with van der Waals surface area (Å²) in [5.41, 5.74) is 1.21. The minimum Gasteiger partial charge on any atom is -0.461 e. The van der Waals surface area contributed by atoms with Crippen molar-refractivity contribution in [1.29, 1.82) is 0 Å². The summed E-state index contributed by atoms with van der Waals surface area (Å²) in [6.07, 6.45) is 1.53. The van der Waals surface area contributed by atoms with Crippen LogP contribution in [0.25, 0.3) is 0 Å². The van der Waals surface area contributed by atoms with Crippen molar-refractivity contribution in [3.05, 3.63) is 60.1 Å². The van der Waals surface area contributed by atoms with Crippen molar-refractivity contribution in [3.63, 3.8) is 0 Å². The number of rotatable bonds is 6. The summed E-state index contributed by atoms with van der Waals surface area (Å²) in [5, 5.41) is 0. The molecule has 1 heterocycles. The van der Waals surface area contributed by atoms with Gasteiger partial charge in [0.15, 0.2) is 5.76 Å². The van der Waals surface area contributed by atoms with E-state index in [1.807, 2.05) is 18.2 Å². The second kappa shape index (κ2) is 6.17. The van der Waals surface area contributed by atoms with E-state index in [0.717, 1.165) is 13.1 Å². The van der Waals surface area contributed by atoms with Crippen LogP contribution in [0.3, 0.4) is 0 Å². The van der Waals surface area contributed by atoms with Gasteiger partial charge in [-0.15, -0.1) is 0 Å². The lowest BCUT2D eigenvalue weighted by molar-refractivity contribution is 0.0902. The van der Waals surface area contributed by atoms with Crippen LogP contribution in [-0.4, -0.2) is 23.8 Å². The highest BCUT2D eigenvalue weighted by Crippen LogP contribution is 2.07. The van der Waals surface area contributed by atoms with Gasteiger partial charge in [0.05, 0.1) is 12.8 Å². The van der Waals surface area contributed by atoms with E-state index < -0.39 is 0 Å². The van der Waals surface area contributed by atoms with E-state index in [1.54, 1.807) is 12.1 Å². The van der Waals surface area contributed by atoms with Crippen LogP contribution in [0.1, 0.15) is 23.0 Å². The number of ketones is 1. The molecule has 2 aromatic rings. The molecule has 2 rings (SSSR count). The number of carbonyl (C=O) groups is 1. The summed E-state index contributed by atoms with van der Waals surface area (Å²) < 4.78 is 5.11. The van der Waals surface area contributed by atoms with Gasteiger partial charge in [-0.1, -0.05) is 37.3 Å². The Morgan fingerprint density at radius 3 is 2.56 bits per heavy atom. The van der Waals surface area contributed by atoms with Gasteiger partial charge < -0.3 is 4.42 Å². The molecule has 0 aliphatic heterocycles. The van der Waals surface area contributed by atoms with Gasteiger partial charge in [-0.3, -0.25) is 9.69 Å². The lowest BCUT2D eigenvalue weighted by atomic mass is 10.2. The Kier molecular flexibility index (Phi) is 4.31. The molecule has 0 radical (unpaired) electrons. The summed E-state index contributed by atoms with van der Waals surface area (Å²) in [7, 11) is 0. The molecule has 3 nitrogen and oxygen atoms in total. The van der Waals surface area contributed by atoms with Gasteiger partial charge in [0.25, 0.3) is 0 Å². The molecule has 0 aliphatic carbocycles. The number of hydrogen-bond donors (Lipinski definition) is 0. The maximum atomic E-state index is 11.9. The molecule has 18 heavy (non-hydrogen) atoms. The molecule has 1 aromatic heterocycles. The third-order valence-corrected chi connectivity index (χ3v) is 2.86. The molecule has 0 bridgehead atoms. The highest BCUT2D eigenvalue weighted by molar-refractivity contribution is 5.94. The first-order valence-electron chi connectivity index (χ1n) is 6.12. The van der Waals surface area contributed by atoms with Crippen molar-refractivity contribution in [3.8, 4) is 0 Å². The molecule has 0 saturated heterocycles. The van der Waals surface area contributed by atoms with Crippen molar-refractivity contribution in [2.24, 2.45) is 0 Å². The monoisotopic (exact) mass is 243 g/mol. The minimum atomic E-state index is 0.0257. The molecular weight excluding hydrogens is 226 g/mol. The molecule has 0 saturated carbocycles. The lowest BCUT2D eigenvalue weighted by Crippen LogP contribution is -2.29. The fourth-order valence-corrected chi connectivity index (χ4v) is 1.84. The molecule has 0 aliphatic rings. The smallest absolute Gasteiger partial charge is 0.211 e. The average molecular weight is 243 g/mol. The number of hydrogen-bond acceptors (Lipinski definition) is 3. The Balaban J connectivity index is 1.96. The summed E-state index contributed by atoms with van der Waals surface area (Å²) in [4.78, 5) is 14.0. The SMILES string of the molecule is CCN(CC(=O)c1ccco1)Cc1ccccc1. The standard InChI is InChI=1S/C15H17NO2/c1-2-16(11-13-7-4-3-5-8-13)12-14(17)15-9-6-10-18-15/h3-10H,2,11-12H2,1H3. The minimum absolute atomic E-state index is 0.0257. The molecule has 3 heteroatoms. The van der Waals surface area contributed by atoms with Gasteiger partial charge in [0.2, 0.25) is 5.78 Å². The summed E-state index contributed by atoms with van der Waals surface area (Å²) in [6.45, 7) is 4.06. The van der Waals surface area contributed by atoms with Crippen LogP contribution in [0.2, 0.25) is 0 Å². The van der Waals surface area contributed by atoms with E-state index in [9.17, 15) is 4.79 Å². The number of nitrogens with zero attached hydrogens (tertiary/aromatic N) is 1. The molecule has 0 N–H and O–H groups in total. The number of benzene rings is 1. The van der Waals surface area contributed by atoms with E-state index in [4.69, 9.17) is 4.42 Å². The molecule has 0 unspecified atom stereocenters. The van der Waals surface area contributed by atoms with E-state index in [2.05, 4.69) is 24.0 Å². The van der Waals surface area contributed by atoms with Crippen molar-refractivity contribution in [2.45, 2.75) is 13.5 Å². The molecule has 1 aromatic carbocycles. The second-order valence-corrected chi connectivity index (χ2v) is 4.19. The fourth-order valence-electron chi connectivity index (χ4n) is 1.84. The molecule has 0 fully saturated rings. The maximum Gasteiger partial charge on any atom is 0.211 e. The third-order valence-electron chi connectivity index (χ3n) is 2.86. The van der Waals surface area contributed by atoms with E-state index in [1.165, 1.54) is 11.8 Å². The van der Waals surface area contributed by atoms with Crippen LogP contribution in [0.4, 0.5) is 0 Å². The van der Waals surface area contributed by atoms with Crippen LogP contribution < -0.4 is 0 Å². The van der Waals surface area contributed by atoms with Crippen LogP contribution in [0.15, 0.2) is 53.1 Å². The van der Waals surface area contributed by atoms with Gasteiger partial charge in [-0.25, -0.2) is 0 Å². The molecular formula is C15H17NO2. The van der Waals surface area contributed by atoms with Crippen LogP contribution in [0.5, 0.6) is 0 Å². The lowest BCUT2D eigenvalue weighted by Gasteiger charge is -2.18. The second-order valence-electron chi connectivity index (χ2n) is 4.19. The number of Topliss-reactive ketones (excluding diaryl/α,β-unsaturated/α-hetero) is 1. The zero-order chi connectivity index (χ0) is 12.8. The molecule has 0 spiro atoms. The van der Waals surface area contributed by atoms with Crippen molar-refractivity contribution < 1.29 is 9.21 Å². The Morgan fingerprint density at radius 1 is 1.17 bits per heavy atom. The first kappa shape index (κ1) is 12.6. The maximum absolute atomic E-state index is 11.9. The van der Waals surface area contributed by atoms with E-state index in [0.29, 0.717) is 12.3 Å².